The first-order valence-corrected chi connectivity index (χ1v) is 5.17. The molecule has 0 radical (unpaired) electrons. The van der Waals surface area contributed by atoms with Gasteiger partial charge in [-0.05, 0) is 26.0 Å². The Labute approximate surface area is 98.6 Å². The Hall–Kier alpha value is -2.23. The number of esters is 1. The normalized spacial score (nSPS) is 17.5. The summed E-state index contributed by atoms with van der Waals surface area (Å²) in [5.74, 6) is -0.516. The largest absolute Gasteiger partial charge is 0.402 e. The zero-order valence-corrected chi connectivity index (χ0v) is 9.56. The van der Waals surface area contributed by atoms with E-state index in [2.05, 4.69) is 4.99 Å². The van der Waals surface area contributed by atoms with Gasteiger partial charge >= 0.3 is 5.97 Å². The lowest BCUT2D eigenvalue weighted by atomic mass is 10.1. The summed E-state index contributed by atoms with van der Waals surface area (Å²) in [6, 6.07) is 9.09. The van der Waals surface area contributed by atoms with Gasteiger partial charge in [0.1, 0.15) is 0 Å². The molecule has 17 heavy (non-hydrogen) atoms. The van der Waals surface area contributed by atoms with Crippen molar-refractivity contribution in [2.24, 2.45) is 4.99 Å². The van der Waals surface area contributed by atoms with Crippen LogP contribution in [0.15, 0.2) is 46.6 Å². The van der Waals surface area contributed by atoms with E-state index in [1.807, 2.05) is 18.2 Å². The van der Waals surface area contributed by atoms with E-state index in [4.69, 9.17) is 4.74 Å². The Kier molecular flexibility index (Phi) is 2.87. The Bertz CT molecular complexity index is 541. The lowest BCUT2D eigenvalue weighted by Gasteiger charge is -1.97. The number of Topliss-reactive ketones (excluding diaryl/α,β-unsaturated/α-hetero) is 1. The van der Waals surface area contributed by atoms with Gasteiger partial charge in [-0.3, -0.25) is 4.79 Å². The van der Waals surface area contributed by atoms with Crippen molar-refractivity contribution in [3.63, 3.8) is 0 Å². The first-order valence-electron chi connectivity index (χ1n) is 5.17. The SMILES string of the molecule is CC(=O)/C(C)=C1/N=C(c2ccccc2)OC1=O. The van der Waals surface area contributed by atoms with Gasteiger partial charge in [-0.2, -0.15) is 0 Å². The molecule has 0 amide bonds. The molecule has 2 rings (SSSR count). The van der Waals surface area contributed by atoms with E-state index in [1.54, 1.807) is 19.1 Å². The Morgan fingerprint density at radius 3 is 2.41 bits per heavy atom. The van der Waals surface area contributed by atoms with Gasteiger partial charge in [0.2, 0.25) is 5.90 Å². The van der Waals surface area contributed by atoms with Crippen LogP contribution in [0.1, 0.15) is 19.4 Å². The fourth-order valence-corrected chi connectivity index (χ4v) is 1.41. The van der Waals surface area contributed by atoms with E-state index < -0.39 is 5.97 Å². The molecule has 0 aromatic heterocycles. The molecule has 0 spiro atoms. The molecule has 0 fully saturated rings. The average Bonchev–Trinajstić information content (AvgIpc) is 2.71. The highest BCUT2D eigenvalue weighted by atomic mass is 16.6. The lowest BCUT2D eigenvalue weighted by Crippen LogP contribution is -2.07. The van der Waals surface area contributed by atoms with Gasteiger partial charge in [0.25, 0.3) is 0 Å². The van der Waals surface area contributed by atoms with Crippen molar-refractivity contribution in [2.45, 2.75) is 13.8 Å². The molecule has 1 heterocycles. The van der Waals surface area contributed by atoms with Crippen LogP contribution in [-0.4, -0.2) is 17.7 Å². The second-order valence-electron chi connectivity index (χ2n) is 3.70. The summed E-state index contributed by atoms with van der Waals surface area (Å²) in [6.07, 6.45) is 0. The van der Waals surface area contributed by atoms with Crippen molar-refractivity contribution >= 4 is 17.7 Å². The number of carbonyl (C=O) groups excluding carboxylic acids is 2. The number of ketones is 1. The fraction of sp³-hybridized carbons (Fsp3) is 0.154. The van der Waals surface area contributed by atoms with E-state index in [0.717, 1.165) is 0 Å². The smallest absolute Gasteiger partial charge is 0.364 e. The molecule has 0 N–H and O–H groups in total. The third kappa shape index (κ3) is 2.15. The first kappa shape index (κ1) is 11.3. The molecule has 0 unspecified atom stereocenters. The van der Waals surface area contributed by atoms with Crippen LogP contribution in [0.2, 0.25) is 0 Å². The number of cyclic esters (lactones) is 1. The van der Waals surface area contributed by atoms with Crippen molar-refractivity contribution in [3.8, 4) is 0 Å². The molecule has 4 nitrogen and oxygen atoms in total. The molecule has 0 aliphatic carbocycles. The summed E-state index contributed by atoms with van der Waals surface area (Å²) >= 11 is 0. The fourth-order valence-electron chi connectivity index (χ4n) is 1.41. The predicted octanol–water partition coefficient (Wildman–Crippen LogP) is 1.85. The van der Waals surface area contributed by atoms with Crippen LogP contribution in [0.3, 0.4) is 0 Å². The summed E-state index contributed by atoms with van der Waals surface area (Å²) in [5, 5.41) is 0. The first-order chi connectivity index (χ1) is 8.09. The van der Waals surface area contributed by atoms with Crippen LogP contribution in [0.4, 0.5) is 0 Å². The third-order valence-corrected chi connectivity index (χ3v) is 2.50. The molecular formula is C13H11NO3. The predicted molar refractivity (Wildman–Crippen MR) is 62.5 cm³/mol. The number of hydrogen-bond donors (Lipinski definition) is 0. The van der Waals surface area contributed by atoms with E-state index in [-0.39, 0.29) is 17.4 Å². The quantitative estimate of drug-likeness (QED) is 0.574. The standard InChI is InChI=1S/C13H11NO3/c1-8(9(2)15)11-13(16)17-12(14-11)10-6-4-3-5-7-10/h3-7H,1-2H3/b11-8+. The monoisotopic (exact) mass is 229 g/mol. The highest BCUT2D eigenvalue weighted by molar-refractivity contribution is 6.14. The Morgan fingerprint density at radius 1 is 1.18 bits per heavy atom. The minimum Gasteiger partial charge on any atom is -0.402 e. The molecule has 0 saturated carbocycles. The molecule has 1 aromatic rings. The summed E-state index contributed by atoms with van der Waals surface area (Å²) in [5.41, 5.74) is 1.13. The second-order valence-corrected chi connectivity index (χ2v) is 3.70. The van der Waals surface area contributed by atoms with Gasteiger partial charge in [-0.1, -0.05) is 18.2 Å². The summed E-state index contributed by atoms with van der Waals surface area (Å²) in [7, 11) is 0. The van der Waals surface area contributed by atoms with Crippen LogP contribution < -0.4 is 0 Å². The summed E-state index contributed by atoms with van der Waals surface area (Å²) in [4.78, 5) is 26.8. The van der Waals surface area contributed by atoms with Gasteiger partial charge in [-0.25, -0.2) is 9.79 Å². The van der Waals surface area contributed by atoms with Crippen molar-refractivity contribution in [1.29, 1.82) is 0 Å². The van der Waals surface area contributed by atoms with E-state index in [1.165, 1.54) is 6.92 Å². The van der Waals surface area contributed by atoms with Crippen molar-refractivity contribution in [1.82, 2.24) is 0 Å². The molecule has 4 heteroatoms. The van der Waals surface area contributed by atoms with Gasteiger partial charge < -0.3 is 4.74 Å². The maximum Gasteiger partial charge on any atom is 0.364 e. The molecule has 0 saturated heterocycles. The third-order valence-electron chi connectivity index (χ3n) is 2.50. The maximum absolute atomic E-state index is 11.6. The number of rotatable bonds is 2. The average molecular weight is 229 g/mol. The number of aliphatic imine (C=N–C) groups is 1. The number of allylic oxidation sites excluding steroid dienone is 1. The molecule has 1 aromatic carbocycles. The van der Waals surface area contributed by atoms with Gasteiger partial charge in [0, 0.05) is 11.1 Å². The maximum atomic E-state index is 11.6. The van der Waals surface area contributed by atoms with Crippen LogP contribution in [0.5, 0.6) is 0 Å². The van der Waals surface area contributed by atoms with Crippen LogP contribution in [0.25, 0.3) is 0 Å². The van der Waals surface area contributed by atoms with Gasteiger partial charge in [0.15, 0.2) is 11.5 Å². The minimum absolute atomic E-state index is 0.0938. The number of hydrogen-bond acceptors (Lipinski definition) is 4. The molecule has 1 aliphatic rings. The number of nitrogens with zero attached hydrogens (tertiary/aromatic N) is 1. The zero-order chi connectivity index (χ0) is 12.4. The van der Waals surface area contributed by atoms with Gasteiger partial charge in [-0.15, -0.1) is 0 Å². The highest BCUT2D eigenvalue weighted by Gasteiger charge is 2.26. The van der Waals surface area contributed by atoms with E-state index in [9.17, 15) is 9.59 Å². The molecular weight excluding hydrogens is 218 g/mol. The molecule has 86 valence electrons. The van der Waals surface area contributed by atoms with Crippen LogP contribution >= 0.6 is 0 Å². The second kappa shape index (κ2) is 4.33. The topological polar surface area (TPSA) is 55.7 Å². The lowest BCUT2D eigenvalue weighted by molar-refractivity contribution is -0.130. The van der Waals surface area contributed by atoms with Gasteiger partial charge in [0.05, 0.1) is 0 Å². The van der Waals surface area contributed by atoms with E-state index in [0.29, 0.717) is 11.1 Å². The number of ether oxygens (including phenoxy) is 1. The van der Waals surface area contributed by atoms with Crippen molar-refractivity contribution in [3.05, 3.63) is 47.2 Å². The molecule has 0 bridgehead atoms. The highest BCUT2D eigenvalue weighted by Crippen LogP contribution is 2.19. The minimum atomic E-state index is -0.573. The van der Waals surface area contributed by atoms with Crippen molar-refractivity contribution in [2.75, 3.05) is 0 Å². The van der Waals surface area contributed by atoms with Crippen LogP contribution in [-0.2, 0) is 14.3 Å². The molecule has 0 atom stereocenters. The summed E-state index contributed by atoms with van der Waals surface area (Å²) < 4.78 is 5.03. The van der Waals surface area contributed by atoms with E-state index >= 15 is 0 Å². The number of carbonyl (C=O) groups is 2. The number of benzene rings is 1. The van der Waals surface area contributed by atoms with Crippen molar-refractivity contribution < 1.29 is 14.3 Å². The Balaban J connectivity index is 2.43. The van der Waals surface area contributed by atoms with Crippen LogP contribution in [0, 0.1) is 0 Å². The Morgan fingerprint density at radius 2 is 1.82 bits per heavy atom. The zero-order valence-electron chi connectivity index (χ0n) is 9.56. The molecule has 1 aliphatic heterocycles. The summed E-state index contributed by atoms with van der Waals surface area (Å²) in [6.45, 7) is 2.96.